The molecule has 0 saturated carbocycles. The number of hydrogen-bond donors (Lipinski definition) is 1. The SMILES string of the molecule is CN(CC1CCN(CC(O)c2ccccc2)CC1)C(=O)c1ccccc1. The first-order chi connectivity index (χ1) is 12.6. The second-order valence-electron chi connectivity index (χ2n) is 7.22. The molecule has 1 N–H and O–H groups in total. The van der Waals surface area contributed by atoms with Gasteiger partial charge >= 0.3 is 0 Å². The minimum Gasteiger partial charge on any atom is -0.387 e. The Morgan fingerprint density at radius 3 is 2.27 bits per heavy atom. The van der Waals surface area contributed by atoms with Crippen molar-refractivity contribution < 1.29 is 9.90 Å². The summed E-state index contributed by atoms with van der Waals surface area (Å²) in [7, 11) is 1.89. The Bertz CT molecular complexity index is 682. The third-order valence-electron chi connectivity index (χ3n) is 5.22. The van der Waals surface area contributed by atoms with Crippen molar-refractivity contribution in [1.82, 2.24) is 9.80 Å². The number of piperidine rings is 1. The Labute approximate surface area is 156 Å². The fraction of sp³-hybridized carbons (Fsp3) is 0.409. The van der Waals surface area contributed by atoms with E-state index in [1.165, 1.54) is 0 Å². The molecule has 1 saturated heterocycles. The summed E-state index contributed by atoms with van der Waals surface area (Å²) >= 11 is 0. The number of carbonyl (C=O) groups excluding carboxylic acids is 1. The van der Waals surface area contributed by atoms with E-state index >= 15 is 0 Å². The van der Waals surface area contributed by atoms with Gasteiger partial charge in [0.15, 0.2) is 0 Å². The predicted octanol–water partition coefficient (Wildman–Crippen LogP) is 3.20. The number of hydrogen-bond acceptors (Lipinski definition) is 3. The molecule has 0 aliphatic carbocycles. The molecule has 4 nitrogen and oxygen atoms in total. The number of carbonyl (C=O) groups is 1. The summed E-state index contributed by atoms with van der Waals surface area (Å²) in [5.41, 5.74) is 1.72. The first-order valence-corrected chi connectivity index (χ1v) is 9.39. The van der Waals surface area contributed by atoms with Gasteiger partial charge in [0, 0.05) is 25.7 Å². The van der Waals surface area contributed by atoms with Gasteiger partial charge in [-0.15, -0.1) is 0 Å². The second kappa shape index (κ2) is 8.97. The van der Waals surface area contributed by atoms with Crippen LogP contribution >= 0.6 is 0 Å². The number of likely N-dealkylation sites (tertiary alicyclic amines) is 1. The summed E-state index contributed by atoms with van der Waals surface area (Å²) in [5.74, 6) is 0.616. The quantitative estimate of drug-likeness (QED) is 0.868. The van der Waals surface area contributed by atoms with Gasteiger partial charge in [-0.3, -0.25) is 4.79 Å². The number of benzene rings is 2. The lowest BCUT2D eigenvalue weighted by atomic mass is 9.95. The van der Waals surface area contributed by atoms with Crippen LogP contribution in [0.25, 0.3) is 0 Å². The fourth-order valence-corrected chi connectivity index (χ4v) is 3.65. The van der Waals surface area contributed by atoms with Crippen molar-refractivity contribution in [2.45, 2.75) is 18.9 Å². The standard InChI is InChI=1S/C22H28N2O2/c1-23(22(26)20-10-6-3-7-11-20)16-18-12-14-24(15-13-18)17-21(25)19-8-4-2-5-9-19/h2-11,18,21,25H,12-17H2,1H3. The first-order valence-electron chi connectivity index (χ1n) is 9.39. The van der Waals surface area contributed by atoms with Gasteiger partial charge in [0.25, 0.3) is 5.91 Å². The molecular weight excluding hydrogens is 324 g/mol. The summed E-state index contributed by atoms with van der Waals surface area (Å²) in [6.45, 7) is 3.42. The minimum absolute atomic E-state index is 0.0903. The molecule has 2 aromatic rings. The van der Waals surface area contributed by atoms with Crippen LogP contribution in [0.2, 0.25) is 0 Å². The highest BCUT2D eigenvalue weighted by atomic mass is 16.3. The van der Waals surface area contributed by atoms with Crippen LogP contribution in [0.3, 0.4) is 0 Å². The molecule has 1 unspecified atom stereocenters. The number of rotatable bonds is 6. The molecule has 0 aromatic heterocycles. The van der Waals surface area contributed by atoms with Crippen molar-refractivity contribution in [3.05, 3.63) is 71.8 Å². The van der Waals surface area contributed by atoms with Crippen LogP contribution in [0.1, 0.15) is 34.9 Å². The maximum absolute atomic E-state index is 12.5. The van der Waals surface area contributed by atoms with Gasteiger partial charge in [0.1, 0.15) is 0 Å². The summed E-state index contributed by atoms with van der Waals surface area (Å²) in [6, 6.07) is 19.3. The van der Waals surface area contributed by atoms with E-state index in [2.05, 4.69) is 4.90 Å². The topological polar surface area (TPSA) is 43.8 Å². The molecule has 138 valence electrons. The van der Waals surface area contributed by atoms with E-state index in [0.717, 1.165) is 43.6 Å². The maximum Gasteiger partial charge on any atom is 0.253 e. The zero-order valence-electron chi connectivity index (χ0n) is 15.4. The largest absolute Gasteiger partial charge is 0.387 e. The Morgan fingerprint density at radius 1 is 1.08 bits per heavy atom. The van der Waals surface area contributed by atoms with Crippen LogP contribution in [0.5, 0.6) is 0 Å². The monoisotopic (exact) mass is 352 g/mol. The van der Waals surface area contributed by atoms with E-state index in [0.29, 0.717) is 12.5 Å². The van der Waals surface area contributed by atoms with Gasteiger partial charge in [-0.1, -0.05) is 48.5 Å². The second-order valence-corrected chi connectivity index (χ2v) is 7.22. The highest BCUT2D eigenvalue weighted by Crippen LogP contribution is 2.21. The highest BCUT2D eigenvalue weighted by molar-refractivity contribution is 5.93. The molecule has 0 radical (unpaired) electrons. The molecule has 1 aliphatic rings. The third-order valence-corrected chi connectivity index (χ3v) is 5.22. The Balaban J connectivity index is 1.44. The van der Waals surface area contributed by atoms with Crippen molar-refractivity contribution in [1.29, 1.82) is 0 Å². The van der Waals surface area contributed by atoms with Crippen LogP contribution in [-0.4, -0.2) is 54.0 Å². The molecule has 2 aromatic carbocycles. The molecule has 3 rings (SSSR count). The van der Waals surface area contributed by atoms with E-state index in [1.54, 1.807) is 0 Å². The minimum atomic E-state index is -0.435. The molecule has 1 aliphatic heterocycles. The van der Waals surface area contributed by atoms with E-state index in [1.807, 2.05) is 72.6 Å². The number of aliphatic hydroxyl groups excluding tert-OH is 1. The summed E-state index contributed by atoms with van der Waals surface area (Å²) in [5, 5.41) is 10.4. The predicted molar refractivity (Wildman–Crippen MR) is 104 cm³/mol. The molecule has 0 bridgehead atoms. The van der Waals surface area contributed by atoms with Crippen LogP contribution in [0, 0.1) is 5.92 Å². The lowest BCUT2D eigenvalue weighted by molar-refractivity contribution is 0.0681. The van der Waals surface area contributed by atoms with Gasteiger partial charge in [0.05, 0.1) is 6.10 Å². The maximum atomic E-state index is 12.5. The summed E-state index contributed by atoms with van der Waals surface area (Å²) in [6.07, 6.45) is 1.69. The van der Waals surface area contributed by atoms with E-state index in [4.69, 9.17) is 0 Å². The van der Waals surface area contributed by atoms with E-state index in [-0.39, 0.29) is 5.91 Å². The van der Waals surface area contributed by atoms with Gasteiger partial charge in [-0.2, -0.15) is 0 Å². The zero-order chi connectivity index (χ0) is 18.4. The van der Waals surface area contributed by atoms with E-state index < -0.39 is 6.10 Å². The van der Waals surface area contributed by atoms with Crippen LogP contribution in [0.4, 0.5) is 0 Å². The lowest BCUT2D eigenvalue weighted by Crippen LogP contribution is -2.40. The molecule has 1 atom stereocenters. The van der Waals surface area contributed by atoms with E-state index in [9.17, 15) is 9.90 Å². The van der Waals surface area contributed by atoms with Crippen molar-refractivity contribution in [2.75, 3.05) is 33.2 Å². The van der Waals surface area contributed by atoms with Gasteiger partial charge in [-0.25, -0.2) is 0 Å². The fourth-order valence-electron chi connectivity index (χ4n) is 3.65. The third kappa shape index (κ3) is 4.93. The smallest absolute Gasteiger partial charge is 0.253 e. The van der Waals surface area contributed by atoms with Crippen molar-refractivity contribution in [2.24, 2.45) is 5.92 Å². The Kier molecular flexibility index (Phi) is 6.42. The molecule has 26 heavy (non-hydrogen) atoms. The van der Waals surface area contributed by atoms with Crippen molar-refractivity contribution in [3.63, 3.8) is 0 Å². The van der Waals surface area contributed by atoms with Crippen LogP contribution < -0.4 is 0 Å². The number of amides is 1. The van der Waals surface area contributed by atoms with Gasteiger partial charge in [0.2, 0.25) is 0 Å². The Hall–Kier alpha value is -2.17. The molecule has 1 heterocycles. The average Bonchev–Trinajstić information content (AvgIpc) is 2.70. The normalized spacial score (nSPS) is 17.0. The zero-order valence-corrected chi connectivity index (χ0v) is 15.4. The summed E-state index contributed by atoms with van der Waals surface area (Å²) < 4.78 is 0. The molecule has 0 spiro atoms. The summed E-state index contributed by atoms with van der Waals surface area (Å²) in [4.78, 5) is 16.6. The molecule has 1 amide bonds. The van der Waals surface area contributed by atoms with Crippen molar-refractivity contribution >= 4 is 5.91 Å². The average molecular weight is 352 g/mol. The first kappa shape index (κ1) is 18.6. The van der Waals surface area contributed by atoms with Gasteiger partial charge < -0.3 is 14.9 Å². The number of β-amino-alcohol motifs (C(OH)–C–C–N with tert-alkyl or cyclic N) is 1. The molecule has 4 heteroatoms. The van der Waals surface area contributed by atoms with Crippen LogP contribution in [-0.2, 0) is 0 Å². The molecule has 1 fully saturated rings. The van der Waals surface area contributed by atoms with Gasteiger partial charge in [-0.05, 0) is 49.5 Å². The van der Waals surface area contributed by atoms with Crippen LogP contribution in [0.15, 0.2) is 60.7 Å². The number of nitrogens with zero attached hydrogens (tertiary/aromatic N) is 2. The molecular formula is C22H28N2O2. The Morgan fingerprint density at radius 2 is 1.65 bits per heavy atom. The van der Waals surface area contributed by atoms with Crippen molar-refractivity contribution in [3.8, 4) is 0 Å². The lowest BCUT2D eigenvalue weighted by Gasteiger charge is -2.34. The number of aliphatic hydroxyl groups is 1. The highest BCUT2D eigenvalue weighted by Gasteiger charge is 2.24.